The van der Waals surface area contributed by atoms with Crippen molar-refractivity contribution < 1.29 is 19.0 Å². The average Bonchev–Trinajstić information content (AvgIpc) is 2.47. The molecule has 1 aromatic carbocycles. The molecule has 1 rings (SSSR count). The fourth-order valence-electron chi connectivity index (χ4n) is 1.73. The SMILES string of the molecule is CCOC(CNCc1ccc(OCC(N)=O)cc1)OCC. The molecule has 1 aromatic rings. The highest BCUT2D eigenvalue weighted by Gasteiger charge is 2.06. The molecular weight excluding hydrogens is 272 g/mol. The summed E-state index contributed by atoms with van der Waals surface area (Å²) in [6.45, 7) is 6.35. The van der Waals surface area contributed by atoms with Crippen LogP contribution in [0.3, 0.4) is 0 Å². The smallest absolute Gasteiger partial charge is 0.255 e. The largest absolute Gasteiger partial charge is 0.484 e. The predicted molar refractivity (Wildman–Crippen MR) is 79.9 cm³/mol. The molecule has 3 N–H and O–H groups in total. The van der Waals surface area contributed by atoms with E-state index in [0.717, 1.165) is 5.56 Å². The number of ether oxygens (including phenoxy) is 3. The third-order valence-corrected chi connectivity index (χ3v) is 2.65. The number of benzene rings is 1. The third-order valence-electron chi connectivity index (χ3n) is 2.65. The van der Waals surface area contributed by atoms with Crippen LogP contribution in [0.2, 0.25) is 0 Å². The van der Waals surface area contributed by atoms with Gasteiger partial charge in [0.25, 0.3) is 5.91 Å². The molecule has 1 amide bonds. The molecule has 0 aliphatic carbocycles. The summed E-state index contributed by atoms with van der Waals surface area (Å²) in [6.07, 6.45) is -0.224. The van der Waals surface area contributed by atoms with Gasteiger partial charge in [0.2, 0.25) is 0 Å². The highest BCUT2D eigenvalue weighted by atomic mass is 16.7. The topological polar surface area (TPSA) is 82.8 Å². The van der Waals surface area contributed by atoms with E-state index in [1.165, 1.54) is 0 Å². The summed E-state index contributed by atoms with van der Waals surface area (Å²) in [5.41, 5.74) is 6.12. The molecule has 118 valence electrons. The van der Waals surface area contributed by atoms with Gasteiger partial charge in [-0.3, -0.25) is 4.79 Å². The van der Waals surface area contributed by atoms with Gasteiger partial charge in [-0.1, -0.05) is 12.1 Å². The Labute approximate surface area is 125 Å². The van der Waals surface area contributed by atoms with Crippen LogP contribution in [-0.2, 0) is 20.8 Å². The van der Waals surface area contributed by atoms with Gasteiger partial charge in [0.1, 0.15) is 5.75 Å². The van der Waals surface area contributed by atoms with Crippen molar-refractivity contribution in [3.63, 3.8) is 0 Å². The predicted octanol–water partition coefficient (Wildman–Crippen LogP) is 1.04. The van der Waals surface area contributed by atoms with E-state index in [1.807, 2.05) is 38.1 Å². The fourth-order valence-corrected chi connectivity index (χ4v) is 1.73. The van der Waals surface area contributed by atoms with Crippen molar-refractivity contribution in [1.82, 2.24) is 5.32 Å². The molecule has 6 nitrogen and oxygen atoms in total. The maximum Gasteiger partial charge on any atom is 0.255 e. The molecule has 0 radical (unpaired) electrons. The molecule has 0 atom stereocenters. The van der Waals surface area contributed by atoms with Crippen molar-refractivity contribution in [2.45, 2.75) is 26.7 Å². The lowest BCUT2D eigenvalue weighted by atomic mass is 10.2. The van der Waals surface area contributed by atoms with Crippen LogP contribution in [-0.4, -0.2) is 38.6 Å². The van der Waals surface area contributed by atoms with E-state index in [2.05, 4.69) is 5.32 Å². The minimum atomic E-state index is -0.487. The summed E-state index contributed by atoms with van der Waals surface area (Å²) in [6, 6.07) is 7.48. The zero-order chi connectivity index (χ0) is 15.5. The average molecular weight is 296 g/mol. The van der Waals surface area contributed by atoms with Crippen LogP contribution in [0.1, 0.15) is 19.4 Å². The van der Waals surface area contributed by atoms with Crippen LogP contribution in [0, 0.1) is 0 Å². The summed E-state index contributed by atoms with van der Waals surface area (Å²) in [5.74, 6) is 0.137. The molecule has 0 aliphatic heterocycles. The normalized spacial score (nSPS) is 10.8. The van der Waals surface area contributed by atoms with Gasteiger partial charge >= 0.3 is 0 Å². The number of carbonyl (C=O) groups is 1. The number of rotatable bonds is 11. The Morgan fingerprint density at radius 2 is 1.81 bits per heavy atom. The lowest BCUT2D eigenvalue weighted by molar-refractivity contribution is -0.133. The molecule has 0 heterocycles. The highest BCUT2D eigenvalue weighted by Crippen LogP contribution is 2.11. The van der Waals surface area contributed by atoms with Gasteiger partial charge in [0.15, 0.2) is 12.9 Å². The monoisotopic (exact) mass is 296 g/mol. The van der Waals surface area contributed by atoms with Crippen LogP contribution in [0.4, 0.5) is 0 Å². The molecule has 0 bridgehead atoms. The first-order valence-electron chi connectivity index (χ1n) is 7.09. The van der Waals surface area contributed by atoms with Crippen molar-refractivity contribution in [1.29, 1.82) is 0 Å². The van der Waals surface area contributed by atoms with E-state index in [4.69, 9.17) is 19.9 Å². The molecule has 21 heavy (non-hydrogen) atoms. The number of nitrogens with two attached hydrogens (primary N) is 1. The van der Waals surface area contributed by atoms with Crippen LogP contribution >= 0.6 is 0 Å². The third kappa shape index (κ3) is 7.65. The minimum Gasteiger partial charge on any atom is -0.484 e. The number of amides is 1. The molecule has 0 aromatic heterocycles. The molecule has 0 saturated carbocycles. The first-order valence-corrected chi connectivity index (χ1v) is 7.09. The van der Waals surface area contributed by atoms with E-state index < -0.39 is 5.91 Å². The summed E-state index contributed by atoms with van der Waals surface area (Å²) >= 11 is 0. The van der Waals surface area contributed by atoms with Crippen LogP contribution < -0.4 is 15.8 Å². The van der Waals surface area contributed by atoms with E-state index in [0.29, 0.717) is 32.1 Å². The van der Waals surface area contributed by atoms with Crippen LogP contribution in [0.25, 0.3) is 0 Å². The summed E-state index contributed by atoms with van der Waals surface area (Å²) < 4.78 is 16.1. The first kappa shape index (κ1) is 17.4. The summed E-state index contributed by atoms with van der Waals surface area (Å²) in [5, 5.41) is 3.28. The quantitative estimate of drug-likeness (QED) is 0.596. The number of primary amides is 1. The minimum absolute atomic E-state index is 0.109. The van der Waals surface area contributed by atoms with E-state index in [1.54, 1.807) is 0 Å². The number of nitrogens with one attached hydrogen (secondary N) is 1. The molecule has 0 saturated heterocycles. The van der Waals surface area contributed by atoms with Gasteiger partial charge in [-0.2, -0.15) is 0 Å². The zero-order valence-corrected chi connectivity index (χ0v) is 12.6. The van der Waals surface area contributed by atoms with Crippen molar-refractivity contribution in [3.05, 3.63) is 29.8 Å². The zero-order valence-electron chi connectivity index (χ0n) is 12.6. The summed E-state index contributed by atoms with van der Waals surface area (Å²) in [4.78, 5) is 10.6. The lowest BCUT2D eigenvalue weighted by Crippen LogP contribution is -2.31. The Bertz CT molecular complexity index is 403. The first-order chi connectivity index (χ1) is 10.2. The second-order valence-electron chi connectivity index (χ2n) is 4.37. The Morgan fingerprint density at radius 3 is 2.33 bits per heavy atom. The number of carbonyl (C=O) groups excluding carboxylic acids is 1. The van der Waals surface area contributed by atoms with Crippen molar-refractivity contribution in [2.24, 2.45) is 5.73 Å². The standard InChI is InChI=1S/C15H24N2O4/c1-3-19-15(20-4-2)10-17-9-12-5-7-13(8-6-12)21-11-14(16)18/h5-8,15,17H,3-4,9-11H2,1-2H3,(H2,16,18). The van der Waals surface area contributed by atoms with Gasteiger partial charge in [0.05, 0.1) is 0 Å². The van der Waals surface area contributed by atoms with E-state index in [9.17, 15) is 4.79 Å². The molecular formula is C15H24N2O4. The Kier molecular flexibility index (Phi) is 8.42. The van der Waals surface area contributed by atoms with Gasteiger partial charge in [-0.25, -0.2) is 0 Å². The van der Waals surface area contributed by atoms with Gasteiger partial charge in [-0.15, -0.1) is 0 Å². The van der Waals surface area contributed by atoms with Crippen LogP contribution in [0.15, 0.2) is 24.3 Å². The van der Waals surface area contributed by atoms with Gasteiger partial charge in [-0.05, 0) is 31.5 Å². The number of hydrogen-bond acceptors (Lipinski definition) is 5. The Morgan fingerprint density at radius 1 is 1.19 bits per heavy atom. The molecule has 0 fully saturated rings. The Hall–Kier alpha value is -1.63. The van der Waals surface area contributed by atoms with Crippen molar-refractivity contribution in [3.8, 4) is 5.75 Å². The second kappa shape index (κ2) is 10.1. The molecule has 0 spiro atoms. The second-order valence-corrected chi connectivity index (χ2v) is 4.37. The Balaban J connectivity index is 2.33. The molecule has 0 aliphatic rings. The van der Waals surface area contributed by atoms with Gasteiger partial charge in [0, 0.05) is 26.3 Å². The summed E-state index contributed by atoms with van der Waals surface area (Å²) in [7, 11) is 0. The van der Waals surface area contributed by atoms with Crippen molar-refractivity contribution in [2.75, 3.05) is 26.4 Å². The van der Waals surface area contributed by atoms with E-state index >= 15 is 0 Å². The maximum absolute atomic E-state index is 10.6. The van der Waals surface area contributed by atoms with Crippen molar-refractivity contribution >= 4 is 5.91 Å². The lowest BCUT2D eigenvalue weighted by Gasteiger charge is -2.17. The van der Waals surface area contributed by atoms with E-state index in [-0.39, 0.29) is 12.9 Å². The fraction of sp³-hybridized carbons (Fsp3) is 0.533. The molecule has 0 unspecified atom stereocenters. The maximum atomic E-state index is 10.6. The molecule has 6 heteroatoms. The highest BCUT2D eigenvalue weighted by molar-refractivity contribution is 5.75. The van der Waals surface area contributed by atoms with Gasteiger partial charge < -0.3 is 25.3 Å². The van der Waals surface area contributed by atoms with Crippen LogP contribution in [0.5, 0.6) is 5.75 Å². The number of hydrogen-bond donors (Lipinski definition) is 2.